The molecule has 2 spiro atoms. The zero-order chi connectivity index (χ0) is 46.9. The average Bonchev–Trinajstić information content (AvgIpc) is 4.14. The van der Waals surface area contributed by atoms with Gasteiger partial charge in [-0.25, -0.2) is 0 Å². The second kappa shape index (κ2) is 13.8. The minimum absolute atomic E-state index is 0.485. The molecule has 72 heavy (non-hydrogen) atoms. The predicted molar refractivity (Wildman–Crippen MR) is 298 cm³/mol. The van der Waals surface area contributed by atoms with E-state index in [1.807, 2.05) is 0 Å². The molecule has 2 nitrogen and oxygen atoms in total. The molecule has 0 saturated carbocycles. The first kappa shape index (κ1) is 38.6. The Bertz CT molecular complexity index is 4490. The Hall–Kier alpha value is -9.24. The van der Waals surface area contributed by atoms with Crippen LogP contribution in [0.3, 0.4) is 0 Å². The summed E-state index contributed by atoms with van der Waals surface area (Å²) in [4.78, 5) is 2.58. The lowest BCUT2D eigenvalue weighted by atomic mass is 9.65. The maximum Gasteiger partial charge on any atom is 0.0755 e. The van der Waals surface area contributed by atoms with E-state index in [4.69, 9.17) is 0 Å². The molecule has 4 aliphatic rings. The van der Waals surface area contributed by atoms with Gasteiger partial charge < -0.3 is 9.47 Å². The predicted octanol–water partition coefficient (Wildman–Crippen LogP) is 17.6. The van der Waals surface area contributed by atoms with Gasteiger partial charge in [0.2, 0.25) is 0 Å². The van der Waals surface area contributed by atoms with Crippen molar-refractivity contribution in [2.45, 2.75) is 10.8 Å². The van der Waals surface area contributed by atoms with Crippen molar-refractivity contribution in [3.05, 3.63) is 299 Å². The van der Waals surface area contributed by atoms with Crippen molar-refractivity contribution >= 4 is 60.4 Å². The Morgan fingerprint density at radius 3 is 1.56 bits per heavy atom. The van der Waals surface area contributed by atoms with Crippen molar-refractivity contribution in [3.8, 4) is 39.1 Å². The standard InChI is InChI=1S/C70H42N2/c1-2-18-47-43(17-1)35-36-44-41-45(37-39-48(44)47)71(46-38-40-52-51-21-5-10-27-58(51)69(63(52)42-46)56-25-8-3-19-49(56)50-20-4-9-26-57(50)69)66-34-16-30-61-67(66)55-23-6-11-28-59(55)70(61)60-29-12-14-33-65(60)72-64-32-13-7-22-53(64)54-24-15-31-62(70)68(54)72/h1-42H. The van der Waals surface area contributed by atoms with Gasteiger partial charge in [0.15, 0.2) is 0 Å². The van der Waals surface area contributed by atoms with Crippen LogP contribution in [-0.2, 0) is 10.8 Å². The van der Waals surface area contributed by atoms with Gasteiger partial charge in [0.1, 0.15) is 0 Å². The number of rotatable bonds is 3. The van der Waals surface area contributed by atoms with Crippen molar-refractivity contribution in [1.82, 2.24) is 4.57 Å². The van der Waals surface area contributed by atoms with Gasteiger partial charge in [0.25, 0.3) is 0 Å². The molecule has 3 aliphatic carbocycles. The molecule has 1 atom stereocenters. The third-order valence-electron chi connectivity index (χ3n) is 17.2. The highest BCUT2D eigenvalue weighted by Crippen LogP contribution is 2.66. The molecule has 1 unspecified atom stereocenters. The van der Waals surface area contributed by atoms with Crippen LogP contribution in [0.15, 0.2) is 255 Å². The minimum Gasteiger partial charge on any atom is -0.310 e. The van der Waals surface area contributed by atoms with E-state index in [1.165, 1.54) is 127 Å². The molecular weight excluding hydrogens is 869 g/mol. The lowest BCUT2D eigenvalue weighted by Gasteiger charge is -2.39. The summed E-state index contributed by atoms with van der Waals surface area (Å²) in [5.74, 6) is 0. The third-order valence-corrected chi connectivity index (χ3v) is 17.2. The van der Waals surface area contributed by atoms with Gasteiger partial charge in [-0.3, -0.25) is 0 Å². The van der Waals surface area contributed by atoms with Gasteiger partial charge in [0, 0.05) is 27.7 Å². The fourth-order valence-corrected chi connectivity index (χ4v) is 14.6. The lowest BCUT2D eigenvalue weighted by molar-refractivity contribution is 0.748. The highest BCUT2D eigenvalue weighted by Gasteiger charge is 2.53. The first-order valence-corrected chi connectivity index (χ1v) is 25.3. The second-order valence-electron chi connectivity index (χ2n) is 20.2. The van der Waals surface area contributed by atoms with Crippen LogP contribution in [0, 0.1) is 0 Å². The zero-order valence-electron chi connectivity index (χ0n) is 39.1. The van der Waals surface area contributed by atoms with E-state index in [-0.39, 0.29) is 0 Å². The molecule has 2 heteroatoms. The van der Waals surface area contributed by atoms with Crippen molar-refractivity contribution in [3.63, 3.8) is 0 Å². The van der Waals surface area contributed by atoms with Crippen LogP contribution < -0.4 is 4.90 Å². The number of aromatic nitrogens is 1. The van der Waals surface area contributed by atoms with E-state index in [9.17, 15) is 0 Å². The van der Waals surface area contributed by atoms with Crippen LogP contribution in [-0.4, -0.2) is 4.57 Å². The highest BCUT2D eigenvalue weighted by molar-refractivity contribution is 6.14. The monoisotopic (exact) mass is 910 g/mol. The number of benzene rings is 12. The summed E-state index contributed by atoms with van der Waals surface area (Å²) in [6.07, 6.45) is 0. The third kappa shape index (κ3) is 4.53. The Morgan fingerprint density at radius 1 is 0.292 bits per heavy atom. The summed E-state index contributed by atoms with van der Waals surface area (Å²) in [7, 11) is 0. The van der Waals surface area contributed by atoms with Crippen LogP contribution in [0.2, 0.25) is 0 Å². The van der Waals surface area contributed by atoms with Crippen LogP contribution in [0.1, 0.15) is 44.5 Å². The van der Waals surface area contributed by atoms with Crippen LogP contribution in [0.5, 0.6) is 0 Å². The Labute approximate surface area is 417 Å². The summed E-state index contributed by atoms with van der Waals surface area (Å²) in [6.45, 7) is 0. The van der Waals surface area contributed by atoms with E-state index in [0.717, 1.165) is 17.1 Å². The van der Waals surface area contributed by atoms with Crippen molar-refractivity contribution in [2.75, 3.05) is 4.90 Å². The lowest BCUT2D eigenvalue weighted by Crippen LogP contribution is -2.33. The van der Waals surface area contributed by atoms with Crippen LogP contribution >= 0.6 is 0 Å². The van der Waals surface area contributed by atoms with Gasteiger partial charge in [-0.2, -0.15) is 0 Å². The number of anilines is 3. The summed E-state index contributed by atoms with van der Waals surface area (Å²) in [5.41, 5.74) is 24.4. The molecule has 332 valence electrons. The average molecular weight is 911 g/mol. The molecule has 13 aromatic rings. The molecule has 0 N–H and O–H groups in total. The summed E-state index contributed by atoms with van der Waals surface area (Å²) in [5, 5.41) is 7.55. The van der Waals surface area contributed by atoms with Crippen molar-refractivity contribution < 1.29 is 0 Å². The van der Waals surface area contributed by atoms with Gasteiger partial charge in [-0.15, -0.1) is 0 Å². The van der Waals surface area contributed by atoms with Gasteiger partial charge in [0.05, 0.1) is 33.2 Å². The first-order valence-electron chi connectivity index (χ1n) is 25.3. The van der Waals surface area contributed by atoms with E-state index in [2.05, 4.69) is 264 Å². The number of hydrogen-bond acceptors (Lipinski definition) is 1. The van der Waals surface area contributed by atoms with Gasteiger partial charge in [-0.1, -0.05) is 212 Å². The maximum atomic E-state index is 2.58. The Balaban J connectivity index is 0.983. The second-order valence-corrected chi connectivity index (χ2v) is 20.2. The molecule has 1 aromatic heterocycles. The topological polar surface area (TPSA) is 8.17 Å². The SMILES string of the molecule is c1ccc2c(c1)-c1ccccc1C21c2ccccc2-c2ccc(N(c3ccc4c(ccc5ccccc54)c3)c3cccc4c3-c3ccccc3C43c4ccccc4-n4c5ccccc5c5cccc3c54)cc21. The smallest absolute Gasteiger partial charge is 0.0755 e. The summed E-state index contributed by atoms with van der Waals surface area (Å²) in [6, 6.07) is 96.8. The van der Waals surface area contributed by atoms with Crippen LogP contribution in [0.4, 0.5) is 17.1 Å². The quantitative estimate of drug-likeness (QED) is 0.160. The molecule has 2 heterocycles. The summed E-state index contributed by atoms with van der Waals surface area (Å²) < 4.78 is 2.54. The number of fused-ring (bicyclic) bond motifs is 25. The van der Waals surface area contributed by atoms with E-state index in [1.54, 1.807) is 0 Å². The highest BCUT2D eigenvalue weighted by atomic mass is 15.1. The fraction of sp³-hybridized carbons (Fsp3) is 0.0286. The first-order chi connectivity index (χ1) is 35.7. The molecule has 1 aliphatic heterocycles. The molecule has 17 rings (SSSR count). The summed E-state index contributed by atoms with van der Waals surface area (Å²) >= 11 is 0. The number of hydrogen-bond donors (Lipinski definition) is 0. The minimum atomic E-state index is -0.586. The molecular formula is C70H42N2. The largest absolute Gasteiger partial charge is 0.310 e. The van der Waals surface area contributed by atoms with Gasteiger partial charge >= 0.3 is 0 Å². The molecule has 0 amide bonds. The Morgan fingerprint density at radius 2 is 0.792 bits per heavy atom. The molecule has 0 radical (unpaired) electrons. The Kier molecular flexibility index (Phi) is 7.37. The van der Waals surface area contributed by atoms with E-state index < -0.39 is 10.8 Å². The van der Waals surface area contributed by atoms with Crippen molar-refractivity contribution in [2.24, 2.45) is 0 Å². The zero-order valence-corrected chi connectivity index (χ0v) is 39.1. The fourth-order valence-electron chi connectivity index (χ4n) is 14.6. The number of para-hydroxylation sites is 3. The molecule has 0 bridgehead atoms. The normalized spacial score (nSPS) is 15.7. The van der Waals surface area contributed by atoms with E-state index in [0.29, 0.717) is 0 Å². The van der Waals surface area contributed by atoms with E-state index >= 15 is 0 Å². The van der Waals surface area contributed by atoms with Crippen LogP contribution in [0.25, 0.3) is 82.4 Å². The molecule has 0 saturated heterocycles. The molecule has 12 aromatic carbocycles. The van der Waals surface area contributed by atoms with Crippen molar-refractivity contribution in [1.29, 1.82) is 0 Å². The molecule has 0 fully saturated rings. The maximum absolute atomic E-state index is 2.58. The number of nitrogens with zero attached hydrogens (tertiary/aromatic N) is 2. The van der Waals surface area contributed by atoms with Gasteiger partial charge in [-0.05, 0) is 136 Å².